The largest absolute Gasteiger partial charge is 0.497 e. The molecule has 7 aliphatic rings. The van der Waals surface area contributed by atoms with E-state index in [0.717, 1.165) is 47.8 Å². The fraction of sp³-hybridized carbons (Fsp3) is 0.643. The Kier molecular flexibility index (Phi) is 9.88. The number of methoxy groups -OCH3 is 1. The van der Waals surface area contributed by atoms with Crippen molar-refractivity contribution >= 4 is 44.7 Å². The molecule has 5 fully saturated rings. The predicted octanol–water partition coefficient (Wildman–Crippen LogP) is 4.06. The van der Waals surface area contributed by atoms with Crippen LogP contribution in [-0.2, 0) is 40.3 Å². The number of hydrogen-bond acceptors (Lipinski definition) is 11. The van der Waals surface area contributed by atoms with Gasteiger partial charge in [0.2, 0.25) is 21.8 Å². The molecule has 1 unspecified atom stereocenters. The van der Waals surface area contributed by atoms with E-state index in [4.69, 9.17) is 23.9 Å². The van der Waals surface area contributed by atoms with Gasteiger partial charge in [0, 0.05) is 41.7 Å². The van der Waals surface area contributed by atoms with E-state index < -0.39 is 73.8 Å². The van der Waals surface area contributed by atoms with E-state index in [1.165, 1.54) is 4.90 Å². The molecule has 3 aliphatic carbocycles. The number of allylic oxidation sites excluding steroid dienone is 1. The summed E-state index contributed by atoms with van der Waals surface area (Å²) in [6.07, 6.45) is 10.8. The fourth-order valence-corrected chi connectivity index (χ4v) is 10.5. The Morgan fingerprint density at radius 2 is 1.88 bits per heavy atom. The maximum atomic E-state index is 14.9. The van der Waals surface area contributed by atoms with Gasteiger partial charge < -0.3 is 34.5 Å². The zero-order valence-corrected chi connectivity index (χ0v) is 34.0. The van der Waals surface area contributed by atoms with Crippen molar-refractivity contribution in [1.29, 1.82) is 0 Å². The molecule has 0 radical (unpaired) electrons. The lowest BCUT2D eigenvalue weighted by atomic mass is 9.86. The molecule has 9 rings (SSSR count). The minimum atomic E-state index is -3.99. The second kappa shape index (κ2) is 14.7. The molecule has 1 aromatic carbocycles. The number of hydrogen-bond donors (Lipinski definition) is 3. The summed E-state index contributed by atoms with van der Waals surface area (Å²) in [4.78, 5) is 63.5. The molecule has 3 saturated carbocycles. The number of ether oxygens (including phenoxy) is 4. The first-order valence-electron chi connectivity index (χ1n) is 20.9. The van der Waals surface area contributed by atoms with Crippen LogP contribution in [0.3, 0.4) is 0 Å². The lowest BCUT2D eigenvalue weighted by Gasteiger charge is -2.37. The van der Waals surface area contributed by atoms with Crippen LogP contribution in [-0.4, -0.2) is 103 Å². The molecule has 312 valence electrons. The highest BCUT2D eigenvalue weighted by Crippen LogP contribution is 2.52. The lowest BCUT2D eigenvalue weighted by molar-refractivity contribution is -0.141. The molecule has 15 nitrogen and oxygen atoms in total. The van der Waals surface area contributed by atoms with E-state index in [0.29, 0.717) is 69.5 Å². The third-order valence-corrected chi connectivity index (χ3v) is 15.6. The first-order chi connectivity index (χ1) is 27.8. The normalized spacial score (nSPS) is 31.8. The smallest absolute Gasteiger partial charge is 0.408 e. The van der Waals surface area contributed by atoms with Gasteiger partial charge in [-0.1, -0.05) is 25.0 Å². The summed E-state index contributed by atoms with van der Waals surface area (Å²) in [7, 11) is -2.37. The summed E-state index contributed by atoms with van der Waals surface area (Å²) in [6.45, 7) is 2.44. The van der Waals surface area contributed by atoms with Crippen LogP contribution < -0.4 is 24.8 Å². The monoisotopic (exact) mass is 819 g/mol. The molecule has 16 heteroatoms. The number of carbonyl (C=O) groups is 4. The summed E-state index contributed by atoms with van der Waals surface area (Å²) in [6, 6.07) is 3.75. The SMILES string of the molecule is COc1ccc2c3c(c(C4CC4)nc2c1)O[C@]1(CC3)C[C@H]2C(=O)N[C@]3(C(=O)NS(=O)(=O)C4(C)CC4)C[C@H]3C=CCCCCC[C@H](NC(=O)OC3CCOC3)C(=O)N2C1. The van der Waals surface area contributed by atoms with Crippen molar-refractivity contribution in [3.63, 3.8) is 0 Å². The van der Waals surface area contributed by atoms with Crippen LogP contribution in [0.2, 0.25) is 0 Å². The Balaban J connectivity index is 1.05. The molecular weight excluding hydrogens is 767 g/mol. The van der Waals surface area contributed by atoms with Crippen LogP contribution in [0.4, 0.5) is 4.79 Å². The van der Waals surface area contributed by atoms with Crippen LogP contribution in [0, 0.1) is 5.92 Å². The average Bonchev–Trinajstić information content (AvgIpc) is 4.17. The van der Waals surface area contributed by atoms with Crippen LogP contribution in [0.1, 0.15) is 108 Å². The van der Waals surface area contributed by atoms with E-state index in [2.05, 4.69) is 15.4 Å². The molecule has 1 aromatic heterocycles. The number of rotatable bonds is 7. The van der Waals surface area contributed by atoms with Crippen molar-refractivity contribution in [3.8, 4) is 11.5 Å². The fourth-order valence-electron chi connectivity index (χ4n) is 9.23. The molecule has 4 aliphatic heterocycles. The summed E-state index contributed by atoms with van der Waals surface area (Å²) in [5.74, 6) is -0.587. The van der Waals surface area contributed by atoms with Crippen molar-refractivity contribution in [2.24, 2.45) is 5.92 Å². The Morgan fingerprint density at radius 1 is 1.05 bits per heavy atom. The Morgan fingerprint density at radius 3 is 2.62 bits per heavy atom. The number of nitrogens with one attached hydrogen (secondary N) is 3. The van der Waals surface area contributed by atoms with E-state index >= 15 is 0 Å². The highest BCUT2D eigenvalue weighted by molar-refractivity contribution is 7.91. The summed E-state index contributed by atoms with van der Waals surface area (Å²) in [5, 5.41) is 6.76. The van der Waals surface area contributed by atoms with Gasteiger partial charge in [0.25, 0.3) is 5.91 Å². The highest BCUT2D eigenvalue weighted by atomic mass is 32.2. The standard InChI is InChI=1S/C42H53N5O10S/c1-40(17-18-40)58(52,53)46-38(50)42-21-26(42)8-6-4-3-5-7-9-31(44-39(51)56-28-15-19-55-23-28)37(49)47-24-41(22-33(47)36(48)45-42)16-14-30-29-13-12-27(54-2)20-32(29)43-34(25-10-11-25)35(30)57-41/h6,8,12-13,20,25-26,28,31,33H,3-5,7,9-11,14-19,21-24H2,1-2H3,(H,44,51)(H,45,48)(H,46,50)/t26-,28?,31+,33+,41-,42-/m1/s1. The summed E-state index contributed by atoms with van der Waals surface area (Å²) >= 11 is 0. The number of nitrogens with zero attached hydrogens (tertiary/aromatic N) is 2. The van der Waals surface area contributed by atoms with E-state index in [-0.39, 0.29) is 31.9 Å². The number of benzene rings is 1. The highest BCUT2D eigenvalue weighted by Gasteiger charge is 2.64. The number of amides is 4. The van der Waals surface area contributed by atoms with E-state index in [1.54, 1.807) is 14.0 Å². The summed E-state index contributed by atoms with van der Waals surface area (Å²) in [5.41, 5.74) is 0.238. The van der Waals surface area contributed by atoms with Crippen LogP contribution in [0.15, 0.2) is 30.4 Å². The second-order valence-corrected chi connectivity index (χ2v) is 19.9. The number of alkyl carbamates (subject to hydrolysis) is 1. The van der Waals surface area contributed by atoms with Crippen molar-refractivity contribution in [3.05, 3.63) is 41.6 Å². The van der Waals surface area contributed by atoms with Crippen molar-refractivity contribution in [2.45, 2.75) is 137 Å². The third-order valence-electron chi connectivity index (χ3n) is 13.5. The minimum absolute atomic E-state index is 0.0626. The minimum Gasteiger partial charge on any atom is -0.497 e. The molecule has 2 saturated heterocycles. The first-order valence-corrected chi connectivity index (χ1v) is 22.4. The zero-order valence-electron chi connectivity index (χ0n) is 33.2. The number of pyridine rings is 1. The average molecular weight is 820 g/mol. The van der Waals surface area contributed by atoms with Crippen LogP contribution in [0.25, 0.3) is 10.9 Å². The molecular formula is C42H53N5O10S. The lowest BCUT2D eigenvalue weighted by Crippen LogP contribution is -2.58. The van der Waals surface area contributed by atoms with E-state index in [1.807, 2.05) is 30.4 Å². The van der Waals surface area contributed by atoms with Crippen molar-refractivity contribution < 1.29 is 46.5 Å². The summed E-state index contributed by atoms with van der Waals surface area (Å²) < 4.78 is 51.4. The van der Waals surface area contributed by atoms with Gasteiger partial charge in [-0.3, -0.25) is 19.1 Å². The van der Waals surface area contributed by atoms with Crippen molar-refractivity contribution in [2.75, 3.05) is 26.9 Å². The number of carbonyl (C=O) groups excluding carboxylic acids is 4. The molecule has 58 heavy (non-hydrogen) atoms. The van der Waals surface area contributed by atoms with Gasteiger partial charge in [0.15, 0.2) is 0 Å². The van der Waals surface area contributed by atoms with Gasteiger partial charge in [-0.05, 0) is 83.3 Å². The molecule has 5 heterocycles. The maximum absolute atomic E-state index is 14.9. The topological polar surface area (TPSA) is 192 Å². The predicted molar refractivity (Wildman–Crippen MR) is 211 cm³/mol. The maximum Gasteiger partial charge on any atom is 0.408 e. The van der Waals surface area contributed by atoms with Crippen LogP contribution in [0.5, 0.6) is 11.5 Å². The molecule has 1 spiro atoms. The number of aromatic nitrogens is 1. The second-order valence-electron chi connectivity index (χ2n) is 17.7. The van der Waals surface area contributed by atoms with Gasteiger partial charge in [-0.2, -0.15) is 0 Å². The molecule has 0 bridgehead atoms. The number of aryl methyl sites for hydroxylation is 1. The zero-order chi connectivity index (χ0) is 40.5. The van der Waals surface area contributed by atoms with Gasteiger partial charge in [-0.25, -0.2) is 18.2 Å². The Labute approximate surface area is 338 Å². The first kappa shape index (κ1) is 39.0. The number of sulfonamides is 1. The van der Waals surface area contributed by atoms with Gasteiger partial charge >= 0.3 is 6.09 Å². The van der Waals surface area contributed by atoms with Gasteiger partial charge in [-0.15, -0.1) is 0 Å². The third kappa shape index (κ3) is 7.28. The van der Waals surface area contributed by atoms with Gasteiger partial charge in [0.1, 0.15) is 40.8 Å². The van der Waals surface area contributed by atoms with Gasteiger partial charge in [0.05, 0.1) is 42.8 Å². The Hall–Kier alpha value is -4.44. The van der Waals surface area contributed by atoms with Crippen LogP contribution >= 0.6 is 0 Å². The Bertz CT molecular complexity index is 2170. The van der Waals surface area contributed by atoms with Crippen molar-refractivity contribution in [1.82, 2.24) is 25.2 Å². The molecule has 6 atom stereocenters. The van der Waals surface area contributed by atoms with E-state index in [9.17, 15) is 27.6 Å². The molecule has 3 N–H and O–H groups in total. The quantitative estimate of drug-likeness (QED) is 0.342. The molecule has 2 aromatic rings. The molecule has 4 amide bonds. The number of fused-ring (bicyclic) bond motifs is 5.